The number of likely N-dealkylation sites (N-methyl/N-ethyl adjacent to an activating group) is 1. The van der Waals surface area contributed by atoms with Crippen LogP contribution in [0.1, 0.15) is 42.3 Å². The Balaban J connectivity index is 1.56. The van der Waals surface area contributed by atoms with Gasteiger partial charge < -0.3 is 14.2 Å². The van der Waals surface area contributed by atoms with E-state index < -0.39 is 5.97 Å². The first-order valence-electron chi connectivity index (χ1n) is 12.5. The monoisotopic (exact) mass is 530 g/mol. The average Bonchev–Trinajstić information content (AvgIpc) is 3.22. The van der Waals surface area contributed by atoms with Crippen LogP contribution in [0.3, 0.4) is 0 Å². The summed E-state index contributed by atoms with van der Waals surface area (Å²) in [5.41, 5.74) is 2.87. The van der Waals surface area contributed by atoms with Crippen LogP contribution in [0.4, 0.5) is 5.69 Å². The van der Waals surface area contributed by atoms with E-state index >= 15 is 0 Å². The summed E-state index contributed by atoms with van der Waals surface area (Å²) in [7, 11) is 0. The normalized spacial score (nSPS) is 15.2. The van der Waals surface area contributed by atoms with Gasteiger partial charge in [0.2, 0.25) is 0 Å². The number of amides is 1. The molecule has 196 valence electrons. The number of aliphatic imine (C=N–C) groups is 1. The van der Waals surface area contributed by atoms with Gasteiger partial charge in [0.15, 0.2) is 16.7 Å². The molecular formula is C30H30N2O5S. The lowest BCUT2D eigenvalue weighted by Gasteiger charge is -2.13. The highest BCUT2D eigenvalue weighted by Crippen LogP contribution is 2.36. The number of benzene rings is 3. The van der Waals surface area contributed by atoms with Crippen LogP contribution >= 0.6 is 11.8 Å². The molecule has 1 saturated heterocycles. The summed E-state index contributed by atoms with van der Waals surface area (Å²) < 4.78 is 16.9. The number of hydrogen-bond donors (Lipinski definition) is 0. The molecule has 3 aromatic rings. The van der Waals surface area contributed by atoms with Crippen LogP contribution in [-0.4, -0.2) is 41.7 Å². The molecule has 0 spiro atoms. The lowest BCUT2D eigenvalue weighted by Crippen LogP contribution is -2.28. The zero-order valence-electron chi connectivity index (χ0n) is 21.7. The zero-order chi connectivity index (χ0) is 26.9. The first-order valence-corrected chi connectivity index (χ1v) is 13.3. The number of thioether (sulfide) groups is 1. The highest BCUT2D eigenvalue weighted by molar-refractivity contribution is 8.18. The Labute approximate surface area is 227 Å². The minimum Gasteiger partial charge on any atom is -0.490 e. The Bertz CT molecular complexity index is 1350. The molecule has 1 aliphatic rings. The van der Waals surface area contributed by atoms with Gasteiger partial charge in [-0.15, -0.1) is 0 Å². The summed E-state index contributed by atoms with van der Waals surface area (Å²) in [6, 6.07) is 22.4. The predicted molar refractivity (Wildman–Crippen MR) is 151 cm³/mol. The maximum atomic E-state index is 13.2. The molecule has 4 rings (SSSR count). The minimum absolute atomic E-state index is 0.125. The molecule has 1 aliphatic heterocycles. The molecule has 0 N–H and O–H groups in total. The van der Waals surface area contributed by atoms with Crippen LogP contribution < -0.4 is 9.47 Å². The van der Waals surface area contributed by atoms with E-state index in [9.17, 15) is 9.59 Å². The number of amidine groups is 1. The molecule has 0 aliphatic carbocycles. The van der Waals surface area contributed by atoms with Gasteiger partial charge in [-0.3, -0.25) is 9.69 Å². The Hall–Kier alpha value is -4.04. The molecule has 1 fully saturated rings. The maximum Gasteiger partial charge on any atom is 0.338 e. The van der Waals surface area contributed by atoms with Crippen molar-refractivity contribution in [1.82, 2.24) is 4.90 Å². The summed E-state index contributed by atoms with van der Waals surface area (Å²) in [5, 5.41) is 0.553. The van der Waals surface area contributed by atoms with Crippen molar-refractivity contribution < 1.29 is 23.8 Å². The number of esters is 1. The van der Waals surface area contributed by atoms with E-state index in [1.807, 2.05) is 68.5 Å². The Morgan fingerprint density at radius 3 is 2.47 bits per heavy atom. The number of ether oxygens (including phenoxy) is 3. The van der Waals surface area contributed by atoms with Crippen LogP contribution in [0.2, 0.25) is 0 Å². The number of nitrogens with zero attached hydrogens (tertiary/aromatic N) is 2. The lowest BCUT2D eigenvalue weighted by atomic mass is 10.1. The topological polar surface area (TPSA) is 77.4 Å². The van der Waals surface area contributed by atoms with Gasteiger partial charge in [-0.2, -0.15) is 0 Å². The van der Waals surface area contributed by atoms with E-state index in [0.717, 1.165) is 11.1 Å². The van der Waals surface area contributed by atoms with Crippen molar-refractivity contribution >= 4 is 40.6 Å². The van der Waals surface area contributed by atoms with Gasteiger partial charge in [0, 0.05) is 6.54 Å². The first kappa shape index (κ1) is 27.0. The maximum absolute atomic E-state index is 13.2. The number of hydrogen-bond acceptors (Lipinski definition) is 7. The molecule has 8 heteroatoms. The molecule has 0 radical (unpaired) electrons. The van der Waals surface area contributed by atoms with E-state index in [4.69, 9.17) is 14.2 Å². The fraction of sp³-hybridized carbons (Fsp3) is 0.233. The van der Waals surface area contributed by atoms with E-state index in [1.165, 1.54) is 11.8 Å². The third-order valence-corrected chi connectivity index (χ3v) is 6.60. The van der Waals surface area contributed by atoms with Gasteiger partial charge in [-0.25, -0.2) is 9.79 Å². The lowest BCUT2D eigenvalue weighted by molar-refractivity contribution is -0.122. The molecular weight excluding hydrogens is 500 g/mol. The smallest absolute Gasteiger partial charge is 0.338 e. The van der Waals surface area contributed by atoms with Gasteiger partial charge in [0.1, 0.15) is 6.61 Å². The van der Waals surface area contributed by atoms with Crippen molar-refractivity contribution in [3.63, 3.8) is 0 Å². The molecule has 0 saturated carbocycles. The Morgan fingerprint density at radius 2 is 1.74 bits per heavy atom. The van der Waals surface area contributed by atoms with Crippen molar-refractivity contribution in [2.24, 2.45) is 4.99 Å². The summed E-state index contributed by atoms with van der Waals surface area (Å²) in [4.78, 5) is 32.1. The van der Waals surface area contributed by atoms with Crippen molar-refractivity contribution in [2.75, 3.05) is 19.8 Å². The van der Waals surface area contributed by atoms with Gasteiger partial charge in [-0.05, 0) is 80.1 Å². The minimum atomic E-state index is -0.404. The SMILES string of the molecule is CCOC(=O)c1cccc(N=C2SC(=Cc3ccc(OCc4ccccc4)c(OCC)c3)C(=O)N2CC)c1. The number of carbonyl (C=O) groups is 2. The molecule has 0 bridgehead atoms. The van der Waals surface area contributed by atoms with E-state index in [-0.39, 0.29) is 5.91 Å². The second-order valence-electron chi connectivity index (χ2n) is 8.24. The quantitative estimate of drug-likeness (QED) is 0.221. The third kappa shape index (κ3) is 6.63. The largest absolute Gasteiger partial charge is 0.490 e. The van der Waals surface area contributed by atoms with Crippen molar-refractivity contribution in [2.45, 2.75) is 27.4 Å². The number of carbonyl (C=O) groups excluding carboxylic acids is 2. The first-order chi connectivity index (χ1) is 18.5. The van der Waals surface area contributed by atoms with Gasteiger partial charge in [0.25, 0.3) is 5.91 Å². The zero-order valence-corrected chi connectivity index (χ0v) is 22.5. The average molecular weight is 531 g/mol. The van der Waals surface area contributed by atoms with Crippen LogP contribution in [0.15, 0.2) is 82.7 Å². The van der Waals surface area contributed by atoms with Crippen molar-refractivity contribution in [1.29, 1.82) is 0 Å². The fourth-order valence-electron chi connectivity index (χ4n) is 3.79. The summed E-state index contributed by atoms with van der Waals surface area (Å²) in [6.07, 6.45) is 1.83. The van der Waals surface area contributed by atoms with Gasteiger partial charge in [0.05, 0.1) is 29.4 Å². The highest BCUT2D eigenvalue weighted by Gasteiger charge is 2.32. The van der Waals surface area contributed by atoms with Crippen LogP contribution in [0, 0.1) is 0 Å². The molecule has 1 amide bonds. The second kappa shape index (κ2) is 13.0. The molecule has 0 atom stereocenters. The summed E-state index contributed by atoms with van der Waals surface area (Å²) in [5.74, 6) is 0.728. The Kier molecular flexibility index (Phi) is 9.21. The molecule has 3 aromatic carbocycles. The van der Waals surface area contributed by atoms with E-state index in [1.54, 1.807) is 36.1 Å². The standard InChI is InChI=1S/C30H30N2O5S/c1-4-32-28(33)27(38-30(32)31-24-14-10-13-23(19-24)29(34)36-6-3)18-22-15-16-25(26(17-22)35-5-2)37-20-21-11-8-7-9-12-21/h7-19H,4-6,20H2,1-3H3. The van der Waals surface area contributed by atoms with E-state index in [0.29, 0.717) is 59.2 Å². The van der Waals surface area contributed by atoms with Crippen molar-refractivity contribution in [3.05, 3.63) is 94.4 Å². The van der Waals surface area contributed by atoms with Crippen LogP contribution in [-0.2, 0) is 16.1 Å². The molecule has 38 heavy (non-hydrogen) atoms. The molecule has 0 unspecified atom stereocenters. The summed E-state index contributed by atoms with van der Waals surface area (Å²) in [6.45, 7) is 7.26. The number of rotatable bonds is 10. The fourth-order valence-corrected chi connectivity index (χ4v) is 4.85. The third-order valence-electron chi connectivity index (χ3n) is 5.59. The predicted octanol–water partition coefficient (Wildman–Crippen LogP) is 6.46. The second-order valence-corrected chi connectivity index (χ2v) is 9.25. The van der Waals surface area contributed by atoms with Crippen LogP contribution in [0.25, 0.3) is 6.08 Å². The molecule has 7 nitrogen and oxygen atoms in total. The Morgan fingerprint density at radius 1 is 0.921 bits per heavy atom. The molecule has 1 heterocycles. The van der Waals surface area contributed by atoms with Gasteiger partial charge >= 0.3 is 5.97 Å². The van der Waals surface area contributed by atoms with Crippen LogP contribution in [0.5, 0.6) is 11.5 Å². The molecule has 0 aromatic heterocycles. The summed E-state index contributed by atoms with van der Waals surface area (Å²) >= 11 is 1.30. The van der Waals surface area contributed by atoms with Gasteiger partial charge in [-0.1, -0.05) is 42.5 Å². The van der Waals surface area contributed by atoms with E-state index in [2.05, 4.69) is 4.99 Å². The highest BCUT2D eigenvalue weighted by atomic mass is 32.2. The van der Waals surface area contributed by atoms with Crippen molar-refractivity contribution in [3.8, 4) is 11.5 Å².